The number of carbonyl (C=O) groups is 1. The lowest BCUT2D eigenvalue weighted by Crippen LogP contribution is -2.43. The van der Waals surface area contributed by atoms with Crippen molar-refractivity contribution >= 4 is 17.3 Å². The molecule has 2 N–H and O–H groups in total. The molecular formula is C14H22N2O2S. The topological polar surface area (TPSA) is 52.6 Å². The Balaban J connectivity index is 1.76. The molecule has 1 fully saturated rings. The van der Waals surface area contributed by atoms with Crippen molar-refractivity contribution in [3.8, 4) is 0 Å². The fourth-order valence-electron chi connectivity index (χ4n) is 2.57. The summed E-state index contributed by atoms with van der Waals surface area (Å²) in [6.07, 6.45) is 3.96. The number of nitrogens with one attached hydrogen (secondary N) is 1. The van der Waals surface area contributed by atoms with Crippen LogP contribution in [-0.4, -0.2) is 41.7 Å². The van der Waals surface area contributed by atoms with Gasteiger partial charge < -0.3 is 10.4 Å². The van der Waals surface area contributed by atoms with Gasteiger partial charge in [0.05, 0.1) is 0 Å². The molecule has 4 nitrogen and oxygen atoms in total. The van der Waals surface area contributed by atoms with E-state index >= 15 is 0 Å². The minimum absolute atomic E-state index is 0.457. The first-order valence-electron chi connectivity index (χ1n) is 6.93. The molecule has 0 saturated carbocycles. The minimum Gasteiger partial charge on any atom is -0.477 e. The molecule has 1 aliphatic rings. The zero-order chi connectivity index (χ0) is 13.7. The molecule has 0 spiro atoms. The van der Waals surface area contributed by atoms with Gasteiger partial charge in [-0.3, -0.25) is 4.90 Å². The van der Waals surface area contributed by atoms with Gasteiger partial charge in [-0.2, -0.15) is 0 Å². The van der Waals surface area contributed by atoms with Crippen LogP contribution in [0.1, 0.15) is 41.4 Å². The third-order valence-corrected chi connectivity index (χ3v) is 4.65. The fraction of sp³-hybridized carbons (Fsp3) is 0.643. The van der Waals surface area contributed by atoms with Crippen LogP contribution >= 0.6 is 11.3 Å². The monoisotopic (exact) mass is 282 g/mol. The SMILES string of the molecule is CC(CNCc1ccsc1C(=O)O)N1CCCCC1. The Morgan fingerprint density at radius 1 is 1.47 bits per heavy atom. The van der Waals surface area contributed by atoms with E-state index in [1.54, 1.807) is 0 Å². The van der Waals surface area contributed by atoms with E-state index in [1.165, 1.54) is 43.7 Å². The summed E-state index contributed by atoms with van der Waals surface area (Å²) in [4.78, 5) is 14.0. The lowest BCUT2D eigenvalue weighted by molar-refractivity contribution is 0.0701. The van der Waals surface area contributed by atoms with Crippen molar-refractivity contribution in [2.24, 2.45) is 0 Å². The molecule has 1 aliphatic heterocycles. The van der Waals surface area contributed by atoms with Gasteiger partial charge in [-0.1, -0.05) is 6.42 Å². The highest BCUT2D eigenvalue weighted by Crippen LogP contribution is 2.16. The predicted octanol–water partition coefficient (Wildman–Crippen LogP) is 2.41. The van der Waals surface area contributed by atoms with Crippen LogP contribution in [0.25, 0.3) is 0 Å². The van der Waals surface area contributed by atoms with Gasteiger partial charge in [0.15, 0.2) is 0 Å². The van der Waals surface area contributed by atoms with E-state index in [0.717, 1.165) is 12.1 Å². The van der Waals surface area contributed by atoms with E-state index in [-0.39, 0.29) is 0 Å². The van der Waals surface area contributed by atoms with Gasteiger partial charge in [0.1, 0.15) is 4.88 Å². The number of carboxylic acid groups (broad SMARTS) is 1. The smallest absolute Gasteiger partial charge is 0.346 e. The first-order valence-corrected chi connectivity index (χ1v) is 7.81. The van der Waals surface area contributed by atoms with Crippen molar-refractivity contribution in [1.29, 1.82) is 0 Å². The largest absolute Gasteiger partial charge is 0.477 e. The third kappa shape index (κ3) is 4.03. The Kier molecular flexibility index (Phi) is 5.36. The van der Waals surface area contributed by atoms with Crippen LogP contribution < -0.4 is 5.32 Å². The van der Waals surface area contributed by atoms with E-state index in [0.29, 0.717) is 17.5 Å². The van der Waals surface area contributed by atoms with Gasteiger partial charge in [0.25, 0.3) is 0 Å². The van der Waals surface area contributed by atoms with E-state index in [1.807, 2.05) is 11.4 Å². The van der Waals surface area contributed by atoms with Crippen molar-refractivity contribution in [3.63, 3.8) is 0 Å². The summed E-state index contributed by atoms with van der Waals surface area (Å²) >= 11 is 1.29. The first kappa shape index (κ1) is 14.5. The molecule has 1 saturated heterocycles. The molecule has 2 rings (SSSR count). The summed E-state index contributed by atoms with van der Waals surface area (Å²) in [5.74, 6) is -0.823. The molecule has 0 radical (unpaired) electrons. The highest BCUT2D eigenvalue weighted by atomic mass is 32.1. The van der Waals surface area contributed by atoms with Gasteiger partial charge in [-0.25, -0.2) is 4.79 Å². The van der Waals surface area contributed by atoms with Crippen molar-refractivity contribution in [2.75, 3.05) is 19.6 Å². The number of nitrogens with zero attached hydrogens (tertiary/aromatic N) is 1. The zero-order valence-corrected chi connectivity index (χ0v) is 12.2. The Labute approximate surface area is 118 Å². The standard InChI is InChI=1S/C14H22N2O2S/c1-11(16-6-3-2-4-7-16)9-15-10-12-5-8-19-13(12)14(17)18/h5,8,11,15H,2-4,6-7,9-10H2,1H3,(H,17,18). The fourth-order valence-corrected chi connectivity index (χ4v) is 3.33. The van der Waals surface area contributed by atoms with Crippen LogP contribution in [-0.2, 0) is 6.54 Å². The lowest BCUT2D eigenvalue weighted by Gasteiger charge is -2.32. The van der Waals surface area contributed by atoms with E-state index in [4.69, 9.17) is 5.11 Å². The summed E-state index contributed by atoms with van der Waals surface area (Å²) in [5.41, 5.74) is 0.892. The summed E-state index contributed by atoms with van der Waals surface area (Å²) < 4.78 is 0. The van der Waals surface area contributed by atoms with Crippen molar-refractivity contribution in [2.45, 2.75) is 38.8 Å². The number of hydrogen-bond donors (Lipinski definition) is 2. The molecule has 5 heteroatoms. The molecule has 1 aromatic heterocycles. The van der Waals surface area contributed by atoms with Crippen LogP contribution in [0.3, 0.4) is 0 Å². The molecule has 1 unspecified atom stereocenters. The molecule has 0 amide bonds. The Morgan fingerprint density at radius 2 is 2.21 bits per heavy atom. The first-order chi connectivity index (χ1) is 9.18. The van der Waals surface area contributed by atoms with Gasteiger partial charge in [-0.15, -0.1) is 11.3 Å². The highest BCUT2D eigenvalue weighted by molar-refractivity contribution is 7.12. The van der Waals surface area contributed by atoms with Crippen LogP contribution in [0.2, 0.25) is 0 Å². The van der Waals surface area contributed by atoms with E-state index < -0.39 is 5.97 Å². The Hall–Kier alpha value is -0.910. The summed E-state index contributed by atoms with van der Waals surface area (Å²) in [6, 6.07) is 2.42. The molecular weight excluding hydrogens is 260 g/mol. The molecule has 106 valence electrons. The van der Waals surface area contributed by atoms with Crippen molar-refractivity contribution in [1.82, 2.24) is 10.2 Å². The highest BCUT2D eigenvalue weighted by Gasteiger charge is 2.16. The molecule has 19 heavy (non-hydrogen) atoms. The Bertz CT molecular complexity index is 413. The summed E-state index contributed by atoms with van der Waals surface area (Å²) in [5, 5.41) is 14.3. The molecule has 2 heterocycles. The number of aromatic carboxylic acids is 1. The lowest BCUT2D eigenvalue weighted by atomic mass is 10.1. The molecule has 1 atom stereocenters. The molecule has 1 aromatic rings. The van der Waals surface area contributed by atoms with Crippen LogP contribution in [0.4, 0.5) is 0 Å². The Morgan fingerprint density at radius 3 is 2.89 bits per heavy atom. The predicted molar refractivity (Wildman–Crippen MR) is 77.9 cm³/mol. The number of carboxylic acids is 1. The molecule has 0 bridgehead atoms. The maximum atomic E-state index is 11.0. The number of piperidine rings is 1. The van der Waals surface area contributed by atoms with E-state index in [9.17, 15) is 4.79 Å². The zero-order valence-electron chi connectivity index (χ0n) is 11.4. The number of rotatable bonds is 6. The second-order valence-electron chi connectivity index (χ2n) is 5.16. The van der Waals surface area contributed by atoms with Gasteiger partial charge in [0.2, 0.25) is 0 Å². The van der Waals surface area contributed by atoms with E-state index in [2.05, 4.69) is 17.1 Å². The van der Waals surface area contributed by atoms with Crippen LogP contribution in [0.5, 0.6) is 0 Å². The van der Waals surface area contributed by atoms with Gasteiger partial charge >= 0.3 is 5.97 Å². The normalized spacial score (nSPS) is 18.4. The average Bonchev–Trinajstić information content (AvgIpc) is 2.88. The van der Waals surface area contributed by atoms with Crippen molar-refractivity contribution < 1.29 is 9.90 Å². The van der Waals surface area contributed by atoms with Crippen molar-refractivity contribution in [3.05, 3.63) is 21.9 Å². The number of likely N-dealkylation sites (tertiary alicyclic amines) is 1. The second kappa shape index (κ2) is 7.03. The maximum absolute atomic E-state index is 11.0. The summed E-state index contributed by atoms with van der Waals surface area (Å²) in [6.45, 7) is 6.19. The molecule has 0 aliphatic carbocycles. The third-order valence-electron chi connectivity index (χ3n) is 3.71. The average molecular weight is 282 g/mol. The summed E-state index contributed by atoms with van der Waals surface area (Å²) in [7, 11) is 0. The van der Waals surface area contributed by atoms with Gasteiger partial charge in [0, 0.05) is 19.1 Å². The van der Waals surface area contributed by atoms with Crippen LogP contribution in [0.15, 0.2) is 11.4 Å². The minimum atomic E-state index is -0.823. The number of hydrogen-bond acceptors (Lipinski definition) is 4. The maximum Gasteiger partial charge on any atom is 0.346 e. The quantitative estimate of drug-likeness (QED) is 0.841. The molecule has 0 aromatic carbocycles. The second-order valence-corrected chi connectivity index (χ2v) is 6.07. The van der Waals surface area contributed by atoms with Crippen LogP contribution in [0, 0.1) is 0 Å². The number of thiophene rings is 1. The van der Waals surface area contributed by atoms with Gasteiger partial charge in [-0.05, 0) is 49.9 Å².